The molecule has 0 saturated carbocycles. The Labute approximate surface area is 80.3 Å². The number of hydrogen-bond donors (Lipinski definition) is 2. The summed E-state index contributed by atoms with van der Waals surface area (Å²) < 4.78 is 0. The Hall–Kier alpha value is -2.24. The van der Waals surface area contributed by atoms with E-state index < -0.39 is 0 Å². The molecule has 2 aromatic rings. The molecule has 0 aromatic carbocycles. The van der Waals surface area contributed by atoms with Gasteiger partial charge < -0.3 is 11.1 Å². The molecule has 6 heteroatoms. The molecule has 0 atom stereocenters. The molecule has 2 aromatic heterocycles. The lowest BCUT2D eigenvalue weighted by Gasteiger charge is -2.02. The highest BCUT2D eigenvalue weighted by atomic mass is 15.1. The first kappa shape index (κ1) is 8.36. The first-order valence-corrected chi connectivity index (χ1v) is 3.95. The van der Waals surface area contributed by atoms with Crippen molar-refractivity contribution >= 4 is 17.5 Å². The second-order valence-electron chi connectivity index (χ2n) is 2.54. The minimum absolute atomic E-state index is 0.360. The van der Waals surface area contributed by atoms with Crippen LogP contribution in [0.4, 0.5) is 17.5 Å². The predicted octanol–water partition coefficient (Wildman–Crippen LogP) is 0.592. The summed E-state index contributed by atoms with van der Waals surface area (Å²) in [5.74, 6) is 1.51. The molecule has 3 N–H and O–H groups in total. The van der Waals surface area contributed by atoms with Crippen LogP contribution in [0.2, 0.25) is 0 Å². The van der Waals surface area contributed by atoms with Gasteiger partial charge in [-0.05, 0) is 0 Å². The highest BCUT2D eigenvalue weighted by Crippen LogP contribution is 2.09. The summed E-state index contributed by atoms with van der Waals surface area (Å²) in [5.41, 5.74) is 5.46. The van der Waals surface area contributed by atoms with Crippen molar-refractivity contribution < 1.29 is 0 Å². The Balaban J connectivity index is 2.19. The number of anilines is 3. The lowest BCUT2D eigenvalue weighted by Crippen LogP contribution is -1.99. The van der Waals surface area contributed by atoms with Crippen LogP contribution >= 0.6 is 0 Å². The van der Waals surface area contributed by atoms with Gasteiger partial charge in [-0.25, -0.2) is 9.97 Å². The molecule has 70 valence electrons. The third-order valence-corrected chi connectivity index (χ3v) is 1.47. The van der Waals surface area contributed by atoms with E-state index in [1.165, 1.54) is 6.20 Å². The zero-order chi connectivity index (χ0) is 9.80. The third kappa shape index (κ3) is 1.92. The Morgan fingerprint density at radius 3 is 2.57 bits per heavy atom. The highest BCUT2D eigenvalue weighted by Gasteiger charge is 1.96. The number of nitrogens with one attached hydrogen (secondary N) is 1. The highest BCUT2D eigenvalue weighted by molar-refractivity contribution is 5.50. The Morgan fingerprint density at radius 1 is 1.00 bits per heavy atom. The maximum atomic E-state index is 5.46. The molecule has 0 amide bonds. The van der Waals surface area contributed by atoms with E-state index in [0.717, 1.165) is 0 Å². The van der Waals surface area contributed by atoms with E-state index >= 15 is 0 Å². The molecule has 0 spiro atoms. The smallest absolute Gasteiger partial charge is 0.152 e. The Kier molecular flexibility index (Phi) is 2.18. The van der Waals surface area contributed by atoms with Crippen LogP contribution < -0.4 is 11.1 Å². The van der Waals surface area contributed by atoms with Crippen LogP contribution in [0.3, 0.4) is 0 Å². The molecule has 0 radical (unpaired) electrons. The van der Waals surface area contributed by atoms with Gasteiger partial charge in [-0.15, -0.1) is 0 Å². The largest absolute Gasteiger partial charge is 0.382 e. The standard InChI is InChI=1S/C8H8N6/c9-6-3-11-5-8(13-6)14-7-4-10-1-2-12-7/h1-5H,(H3,9,12,13,14). The molecular weight excluding hydrogens is 180 g/mol. The van der Waals surface area contributed by atoms with Crippen LogP contribution in [0, 0.1) is 0 Å². The monoisotopic (exact) mass is 188 g/mol. The molecule has 6 nitrogen and oxygen atoms in total. The van der Waals surface area contributed by atoms with Crippen LogP contribution in [-0.4, -0.2) is 19.9 Å². The minimum Gasteiger partial charge on any atom is -0.382 e. The lowest BCUT2D eigenvalue weighted by atomic mass is 10.6. The second-order valence-corrected chi connectivity index (χ2v) is 2.54. The second kappa shape index (κ2) is 3.65. The van der Waals surface area contributed by atoms with E-state index in [-0.39, 0.29) is 0 Å². The van der Waals surface area contributed by atoms with Gasteiger partial charge in [-0.2, -0.15) is 0 Å². The molecule has 0 aliphatic heterocycles. The van der Waals surface area contributed by atoms with E-state index in [1.807, 2.05) is 0 Å². The normalized spacial score (nSPS) is 9.71. The van der Waals surface area contributed by atoms with E-state index in [1.54, 1.807) is 24.8 Å². The van der Waals surface area contributed by atoms with Crippen molar-refractivity contribution in [2.75, 3.05) is 11.1 Å². The molecule has 0 unspecified atom stereocenters. The first-order chi connectivity index (χ1) is 6.84. The van der Waals surface area contributed by atoms with Gasteiger partial charge in [-0.3, -0.25) is 9.97 Å². The van der Waals surface area contributed by atoms with E-state index in [2.05, 4.69) is 25.3 Å². The van der Waals surface area contributed by atoms with Crippen LogP contribution in [0.1, 0.15) is 0 Å². The summed E-state index contributed by atoms with van der Waals surface area (Å²) in [4.78, 5) is 15.8. The third-order valence-electron chi connectivity index (χ3n) is 1.47. The molecule has 0 aliphatic rings. The molecular formula is C8H8N6. The van der Waals surface area contributed by atoms with Gasteiger partial charge in [0.15, 0.2) is 5.82 Å². The van der Waals surface area contributed by atoms with Crippen LogP contribution in [0.5, 0.6) is 0 Å². The van der Waals surface area contributed by atoms with Crippen LogP contribution in [0.25, 0.3) is 0 Å². The molecule has 2 rings (SSSR count). The van der Waals surface area contributed by atoms with Crippen molar-refractivity contribution in [1.82, 2.24) is 19.9 Å². The van der Waals surface area contributed by atoms with E-state index in [9.17, 15) is 0 Å². The van der Waals surface area contributed by atoms with E-state index in [0.29, 0.717) is 17.5 Å². The van der Waals surface area contributed by atoms with Gasteiger partial charge >= 0.3 is 0 Å². The molecule has 0 aliphatic carbocycles. The van der Waals surface area contributed by atoms with Gasteiger partial charge in [0.2, 0.25) is 0 Å². The quantitative estimate of drug-likeness (QED) is 0.717. The number of nitrogens with zero attached hydrogens (tertiary/aromatic N) is 4. The van der Waals surface area contributed by atoms with Crippen molar-refractivity contribution in [2.45, 2.75) is 0 Å². The fraction of sp³-hybridized carbons (Fsp3) is 0. The number of nitrogens with two attached hydrogens (primary N) is 1. The number of nitrogen functional groups attached to an aromatic ring is 1. The zero-order valence-electron chi connectivity index (χ0n) is 7.25. The summed E-state index contributed by atoms with van der Waals surface area (Å²) in [6.07, 6.45) is 7.80. The summed E-state index contributed by atoms with van der Waals surface area (Å²) >= 11 is 0. The van der Waals surface area contributed by atoms with Crippen LogP contribution in [0.15, 0.2) is 31.0 Å². The van der Waals surface area contributed by atoms with Crippen molar-refractivity contribution in [1.29, 1.82) is 0 Å². The predicted molar refractivity (Wildman–Crippen MR) is 51.8 cm³/mol. The number of hydrogen-bond acceptors (Lipinski definition) is 6. The Morgan fingerprint density at radius 2 is 1.86 bits per heavy atom. The summed E-state index contributed by atoms with van der Waals surface area (Å²) in [6.45, 7) is 0. The van der Waals surface area contributed by atoms with Crippen LogP contribution in [-0.2, 0) is 0 Å². The molecule has 2 heterocycles. The maximum Gasteiger partial charge on any atom is 0.152 e. The van der Waals surface area contributed by atoms with E-state index in [4.69, 9.17) is 5.73 Å². The van der Waals surface area contributed by atoms with Gasteiger partial charge in [0.25, 0.3) is 0 Å². The van der Waals surface area contributed by atoms with Crippen molar-refractivity contribution in [3.05, 3.63) is 31.0 Å². The van der Waals surface area contributed by atoms with Gasteiger partial charge in [0.05, 0.1) is 18.6 Å². The van der Waals surface area contributed by atoms with Crippen molar-refractivity contribution in [3.63, 3.8) is 0 Å². The summed E-state index contributed by atoms with van der Waals surface area (Å²) in [5, 5.41) is 2.92. The number of aromatic nitrogens is 4. The summed E-state index contributed by atoms with van der Waals surface area (Å²) in [7, 11) is 0. The number of rotatable bonds is 2. The topological polar surface area (TPSA) is 89.6 Å². The minimum atomic E-state index is 0.360. The van der Waals surface area contributed by atoms with Gasteiger partial charge in [-0.1, -0.05) is 0 Å². The fourth-order valence-electron chi connectivity index (χ4n) is 0.936. The fourth-order valence-corrected chi connectivity index (χ4v) is 0.936. The average molecular weight is 188 g/mol. The average Bonchev–Trinajstić information content (AvgIpc) is 2.19. The molecule has 0 bridgehead atoms. The SMILES string of the molecule is Nc1cncc(Nc2cnccn2)n1. The van der Waals surface area contributed by atoms with Crippen molar-refractivity contribution in [2.24, 2.45) is 0 Å². The first-order valence-electron chi connectivity index (χ1n) is 3.95. The molecule has 0 fully saturated rings. The molecule has 14 heavy (non-hydrogen) atoms. The molecule has 0 saturated heterocycles. The zero-order valence-corrected chi connectivity index (χ0v) is 7.25. The van der Waals surface area contributed by atoms with Crippen molar-refractivity contribution in [3.8, 4) is 0 Å². The van der Waals surface area contributed by atoms with Gasteiger partial charge in [0.1, 0.15) is 11.6 Å². The lowest BCUT2D eigenvalue weighted by molar-refractivity contribution is 1.16. The Bertz CT molecular complexity index is 415. The maximum absolute atomic E-state index is 5.46. The van der Waals surface area contributed by atoms with Gasteiger partial charge in [0, 0.05) is 12.4 Å². The summed E-state index contributed by atoms with van der Waals surface area (Å²) in [6, 6.07) is 0.